The molecule has 1 heterocycles. The zero-order chi connectivity index (χ0) is 22.0. The van der Waals surface area contributed by atoms with E-state index in [1.165, 1.54) is 42.5 Å². The van der Waals surface area contributed by atoms with Crippen LogP contribution in [0.5, 0.6) is 11.5 Å². The quantitative estimate of drug-likeness (QED) is 0.678. The summed E-state index contributed by atoms with van der Waals surface area (Å²) in [5, 5.41) is 0. The van der Waals surface area contributed by atoms with Crippen LogP contribution >= 0.6 is 0 Å². The molecule has 4 rings (SSSR count). The summed E-state index contributed by atoms with van der Waals surface area (Å²) >= 11 is 0. The van der Waals surface area contributed by atoms with E-state index in [1.807, 2.05) is 0 Å². The van der Waals surface area contributed by atoms with Crippen LogP contribution in [-0.2, 0) is 14.8 Å². The fourth-order valence-corrected chi connectivity index (χ4v) is 5.39. The minimum atomic E-state index is -4.12. The third-order valence-electron chi connectivity index (χ3n) is 5.76. The van der Waals surface area contributed by atoms with Crippen LogP contribution in [0.3, 0.4) is 0 Å². The summed E-state index contributed by atoms with van der Waals surface area (Å²) < 4.78 is 52.6. The number of ether oxygens (including phenoxy) is 2. The second-order valence-corrected chi connectivity index (χ2v) is 9.60. The van der Waals surface area contributed by atoms with E-state index < -0.39 is 15.8 Å². The van der Waals surface area contributed by atoms with Crippen LogP contribution in [0.4, 0.5) is 10.1 Å². The summed E-state index contributed by atoms with van der Waals surface area (Å²) in [6, 6.07) is 9.52. The first-order valence-corrected chi connectivity index (χ1v) is 11.7. The topological polar surface area (TPSA) is 76.2 Å². The summed E-state index contributed by atoms with van der Waals surface area (Å²) in [6.07, 6.45) is 3.93. The van der Waals surface area contributed by atoms with Gasteiger partial charge < -0.3 is 14.4 Å². The van der Waals surface area contributed by atoms with E-state index in [4.69, 9.17) is 9.47 Å². The lowest BCUT2D eigenvalue weighted by molar-refractivity contribution is -0.130. The Balaban J connectivity index is 1.67. The molecule has 1 fully saturated rings. The number of anilines is 1. The predicted molar refractivity (Wildman–Crippen MR) is 113 cm³/mol. The van der Waals surface area contributed by atoms with E-state index in [-0.39, 0.29) is 29.1 Å². The standard InChI is InChI=1S/C22H25FN2O5S/c1-24(17-4-2-3-5-17)22(26)15-25(18-8-6-16(23)7-9-18)31(27,28)19-10-11-20-21(14-19)30-13-12-29-20/h6-11,14,17H,2-5,12-13,15H2,1H3. The van der Waals surface area contributed by atoms with Gasteiger partial charge in [-0.2, -0.15) is 0 Å². The predicted octanol–water partition coefficient (Wildman–Crippen LogP) is 3.19. The molecule has 0 unspecified atom stereocenters. The number of halogens is 1. The van der Waals surface area contributed by atoms with Crippen molar-refractivity contribution in [2.75, 3.05) is 31.1 Å². The summed E-state index contributed by atoms with van der Waals surface area (Å²) in [4.78, 5) is 14.6. The van der Waals surface area contributed by atoms with Crippen molar-refractivity contribution in [1.29, 1.82) is 0 Å². The van der Waals surface area contributed by atoms with Gasteiger partial charge in [0.05, 0.1) is 10.6 Å². The number of nitrogens with zero attached hydrogens (tertiary/aromatic N) is 2. The molecular formula is C22H25FN2O5S. The Bertz CT molecular complexity index is 1050. The summed E-state index contributed by atoms with van der Waals surface area (Å²) in [7, 11) is -2.42. The van der Waals surface area contributed by atoms with Crippen LogP contribution in [0.2, 0.25) is 0 Å². The first kappa shape index (κ1) is 21.4. The molecule has 2 aliphatic rings. The average Bonchev–Trinajstić information content (AvgIpc) is 3.32. The maximum absolute atomic E-state index is 13.5. The Morgan fingerprint density at radius 3 is 2.35 bits per heavy atom. The Kier molecular flexibility index (Phi) is 6.04. The number of carbonyl (C=O) groups excluding carboxylic acids is 1. The summed E-state index contributed by atoms with van der Waals surface area (Å²) in [6.45, 7) is 0.334. The molecule has 0 aromatic heterocycles. The highest BCUT2D eigenvalue weighted by molar-refractivity contribution is 7.92. The molecule has 31 heavy (non-hydrogen) atoms. The molecule has 0 saturated heterocycles. The van der Waals surface area contributed by atoms with Gasteiger partial charge in [-0.3, -0.25) is 9.10 Å². The lowest BCUT2D eigenvalue weighted by atomic mass is 10.2. The molecule has 9 heteroatoms. The molecule has 1 aliphatic carbocycles. The first-order valence-electron chi connectivity index (χ1n) is 10.3. The maximum Gasteiger partial charge on any atom is 0.264 e. The number of sulfonamides is 1. The number of benzene rings is 2. The molecule has 0 spiro atoms. The van der Waals surface area contributed by atoms with Gasteiger partial charge in [-0.25, -0.2) is 12.8 Å². The zero-order valence-electron chi connectivity index (χ0n) is 17.3. The van der Waals surface area contributed by atoms with Gasteiger partial charge in [0, 0.05) is 19.2 Å². The maximum atomic E-state index is 13.5. The molecule has 7 nitrogen and oxygen atoms in total. The fraction of sp³-hybridized carbons (Fsp3) is 0.409. The Labute approximate surface area is 181 Å². The Morgan fingerprint density at radius 1 is 1.03 bits per heavy atom. The van der Waals surface area contributed by atoms with Crippen molar-refractivity contribution in [3.05, 3.63) is 48.3 Å². The molecule has 0 radical (unpaired) electrons. The molecule has 1 saturated carbocycles. The van der Waals surface area contributed by atoms with Crippen molar-refractivity contribution >= 4 is 21.6 Å². The van der Waals surface area contributed by atoms with Gasteiger partial charge in [-0.05, 0) is 49.2 Å². The molecule has 2 aromatic carbocycles. The van der Waals surface area contributed by atoms with E-state index in [1.54, 1.807) is 11.9 Å². The van der Waals surface area contributed by atoms with Crippen LogP contribution in [0.1, 0.15) is 25.7 Å². The minimum absolute atomic E-state index is 0.0302. The fourth-order valence-electron chi connectivity index (χ4n) is 3.96. The lowest BCUT2D eigenvalue weighted by Gasteiger charge is -2.29. The third-order valence-corrected chi connectivity index (χ3v) is 7.53. The van der Waals surface area contributed by atoms with Crippen molar-refractivity contribution in [3.63, 3.8) is 0 Å². The molecule has 1 amide bonds. The van der Waals surface area contributed by atoms with Crippen molar-refractivity contribution in [1.82, 2.24) is 4.90 Å². The van der Waals surface area contributed by atoms with Crippen LogP contribution in [0.25, 0.3) is 0 Å². The minimum Gasteiger partial charge on any atom is -0.486 e. The molecule has 2 aromatic rings. The van der Waals surface area contributed by atoms with E-state index in [0.717, 1.165) is 30.0 Å². The highest BCUT2D eigenvalue weighted by atomic mass is 32.2. The van der Waals surface area contributed by atoms with E-state index in [9.17, 15) is 17.6 Å². The van der Waals surface area contributed by atoms with Gasteiger partial charge in [0.2, 0.25) is 5.91 Å². The monoisotopic (exact) mass is 448 g/mol. The molecule has 1 aliphatic heterocycles. The highest BCUT2D eigenvalue weighted by Gasteiger charge is 2.31. The van der Waals surface area contributed by atoms with Crippen LogP contribution in [0, 0.1) is 5.82 Å². The first-order chi connectivity index (χ1) is 14.9. The normalized spacial score (nSPS) is 16.2. The molecule has 0 N–H and O–H groups in total. The number of likely N-dealkylation sites (N-methyl/N-ethyl adjacent to an activating group) is 1. The van der Waals surface area contributed by atoms with Crippen LogP contribution in [0.15, 0.2) is 47.4 Å². The van der Waals surface area contributed by atoms with Gasteiger partial charge in [0.15, 0.2) is 11.5 Å². The molecule has 166 valence electrons. The Morgan fingerprint density at radius 2 is 1.68 bits per heavy atom. The van der Waals surface area contributed by atoms with E-state index >= 15 is 0 Å². The van der Waals surface area contributed by atoms with Gasteiger partial charge in [0.1, 0.15) is 25.6 Å². The second-order valence-electron chi connectivity index (χ2n) is 7.74. The number of amides is 1. The number of hydrogen-bond acceptors (Lipinski definition) is 5. The largest absolute Gasteiger partial charge is 0.486 e. The second kappa shape index (κ2) is 8.74. The van der Waals surface area contributed by atoms with Crippen molar-refractivity contribution in [3.8, 4) is 11.5 Å². The van der Waals surface area contributed by atoms with Gasteiger partial charge in [-0.15, -0.1) is 0 Å². The number of rotatable bonds is 6. The van der Waals surface area contributed by atoms with Gasteiger partial charge in [0.25, 0.3) is 10.0 Å². The summed E-state index contributed by atoms with van der Waals surface area (Å²) in [5.74, 6) is 0.00327. The van der Waals surface area contributed by atoms with Crippen molar-refractivity contribution in [2.45, 2.75) is 36.6 Å². The lowest BCUT2D eigenvalue weighted by Crippen LogP contribution is -2.44. The molecular weight excluding hydrogens is 423 g/mol. The van der Waals surface area contributed by atoms with Crippen LogP contribution in [-0.4, -0.2) is 52.1 Å². The van der Waals surface area contributed by atoms with Crippen molar-refractivity contribution in [2.24, 2.45) is 0 Å². The third kappa shape index (κ3) is 4.46. The zero-order valence-corrected chi connectivity index (χ0v) is 18.1. The smallest absolute Gasteiger partial charge is 0.264 e. The molecule has 0 atom stereocenters. The average molecular weight is 449 g/mol. The van der Waals surface area contributed by atoms with E-state index in [2.05, 4.69) is 0 Å². The SMILES string of the molecule is CN(C(=O)CN(c1ccc(F)cc1)S(=O)(=O)c1ccc2c(c1)OCCO2)C1CCCC1. The number of fused-ring (bicyclic) bond motifs is 1. The Hall–Kier alpha value is -2.81. The summed E-state index contributed by atoms with van der Waals surface area (Å²) in [5.41, 5.74) is 0.212. The molecule has 0 bridgehead atoms. The van der Waals surface area contributed by atoms with Gasteiger partial charge >= 0.3 is 0 Å². The number of carbonyl (C=O) groups is 1. The van der Waals surface area contributed by atoms with Gasteiger partial charge in [-0.1, -0.05) is 12.8 Å². The van der Waals surface area contributed by atoms with Crippen LogP contribution < -0.4 is 13.8 Å². The van der Waals surface area contributed by atoms with Crippen molar-refractivity contribution < 1.29 is 27.1 Å². The number of hydrogen-bond donors (Lipinski definition) is 0. The highest BCUT2D eigenvalue weighted by Crippen LogP contribution is 2.34. The van der Waals surface area contributed by atoms with E-state index in [0.29, 0.717) is 24.7 Å².